The van der Waals surface area contributed by atoms with Crippen LogP contribution in [0.4, 0.5) is 5.69 Å². The summed E-state index contributed by atoms with van der Waals surface area (Å²) in [5, 5.41) is 3.25. The van der Waals surface area contributed by atoms with Crippen LogP contribution in [0.1, 0.15) is 26.3 Å². The van der Waals surface area contributed by atoms with E-state index >= 15 is 0 Å². The first-order chi connectivity index (χ1) is 8.88. The van der Waals surface area contributed by atoms with Gasteiger partial charge in [0.15, 0.2) is 5.78 Å². The molecule has 1 heterocycles. The van der Waals surface area contributed by atoms with Crippen LogP contribution in [0.2, 0.25) is 0 Å². The highest BCUT2D eigenvalue weighted by Gasteiger charge is 2.11. The van der Waals surface area contributed by atoms with Crippen LogP contribution in [-0.2, 0) is 20.7 Å². The van der Waals surface area contributed by atoms with E-state index in [1.165, 1.54) is 6.92 Å². The third kappa shape index (κ3) is 5.83. The molecular weight excluding hydrogens is 312 g/mol. The molecule has 0 radical (unpaired) electrons. The van der Waals surface area contributed by atoms with Crippen LogP contribution >= 0.6 is 15.9 Å². The summed E-state index contributed by atoms with van der Waals surface area (Å²) in [5.74, 6) is -0.617. The molecule has 5 nitrogen and oxygen atoms in total. The molecule has 0 aliphatic carbocycles. The van der Waals surface area contributed by atoms with Crippen LogP contribution in [0.5, 0.6) is 0 Å². The van der Waals surface area contributed by atoms with Crippen molar-refractivity contribution in [1.29, 1.82) is 0 Å². The van der Waals surface area contributed by atoms with E-state index in [4.69, 9.17) is 0 Å². The number of halogens is 1. The second-order valence-corrected chi connectivity index (χ2v) is 5.27. The van der Waals surface area contributed by atoms with Crippen LogP contribution < -0.4 is 5.32 Å². The van der Waals surface area contributed by atoms with Crippen molar-refractivity contribution in [1.82, 2.24) is 4.98 Å². The van der Waals surface area contributed by atoms with Gasteiger partial charge in [0.25, 0.3) is 0 Å². The molecule has 6 heteroatoms. The zero-order chi connectivity index (χ0) is 14.4. The number of ether oxygens (including phenoxy) is 1. The maximum atomic E-state index is 11.7. The Kier molecular flexibility index (Phi) is 5.95. The molecule has 104 valence electrons. The molecule has 0 bridgehead atoms. The lowest BCUT2D eigenvalue weighted by molar-refractivity contribution is -0.145. The van der Waals surface area contributed by atoms with Gasteiger partial charge in [0.2, 0.25) is 0 Å². The van der Waals surface area contributed by atoms with Gasteiger partial charge in [-0.2, -0.15) is 0 Å². The van der Waals surface area contributed by atoms with Gasteiger partial charge in [-0.3, -0.25) is 9.59 Å². The number of pyridine rings is 1. The Morgan fingerprint density at radius 1 is 1.47 bits per heavy atom. The van der Waals surface area contributed by atoms with Gasteiger partial charge in [-0.25, -0.2) is 4.98 Å². The minimum Gasteiger partial charge on any atom is -0.458 e. The summed E-state index contributed by atoms with van der Waals surface area (Å²) >= 11 is 3.30. The summed E-state index contributed by atoms with van der Waals surface area (Å²) in [5.41, 5.74) is 1.64. The van der Waals surface area contributed by atoms with Gasteiger partial charge >= 0.3 is 5.97 Å². The predicted molar refractivity (Wildman–Crippen MR) is 76.0 cm³/mol. The molecule has 0 atom stereocenters. The number of rotatable bonds is 6. The molecule has 0 unspecified atom stereocenters. The Hall–Kier alpha value is -1.43. The van der Waals surface area contributed by atoms with E-state index in [9.17, 15) is 9.59 Å². The quantitative estimate of drug-likeness (QED) is 0.641. The minimum atomic E-state index is -0.456. The van der Waals surface area contributed by atoms with E-state index in [0.717, 1.165) is 11.3 Å². The third-order valence-electron chi connectivity index (χ3n) is 2.22. The minimum absolute atomic E-state index is 0.161. The van der Waals surface area contributed by atoms with E-state index in [1.807, 2.05) is 19.9 Å². The second-order valence-electron chi connectivity index (χ2n) is 4.46. The molecule has 1 N–H and O–H groups in total. The third-order valence-corrected chi connectivity index (χ3v) is 2.65. The number of ketones is 1. The lowest BCUT2D eigenvalue weighted by Crippen LogP contribution is -2.17. The Balaban J connectivity index is 2.76. The van der Waals surface area contributed by atoms with Gasteiger partial charge in [0.1, 0.15) is 11.2 Å². The molecule has 0 amide bonds. The van der Waals surface area contributed by atoms with Gasteiger partial charge in [-0.05, 0) is 35.8 Å². The summed E-state index contributed by atoms with van der Waals surface area (Å²) in [6.45, 7) is 5.10. The number of hydrogen-bond acceptors (Lipinski definition) is 5. The zero-order valence-electron chi connectivity index (χ0n) is 11.2. The van der Waals surface area contributed by atoms with Crippen molar-refractivity contribution >= 4 is 33.4 Å². The van der Waals surface area contributed by atoms with E-state index in [1.54, 1.807) is 6.20 Å². The number of nitrogens with one attached hydrogen (secondary N) is 1. The number of carbonyl (C=O) groups excluding carboxylic acids is 2. The van der Waals surface area contributed by atoms with Crippen molar-refractivity contribution in [2.75, 3.05) is 11.9 Å². The average molecular weight is 329 g/mol. The molecule has 19 heavy (non-hydrogen) atoms. The highest BCUT2D eigenvalue weighted by molar-refractivity contribution is 9.10. The van der Waals surface area contributed by atoms with Crippen LogP contribution in [0.3, 0.4) is 0 Å². The number of hydrogen-bond donors (Lipinski definition) is 1. The largest absolute Gasteiger partial charge is 0.458 e. The lowest BCUT2D eigenvalue weighted by Gasteiger charge is -2.14. The highest BCUT2D eigenvalue weighted by atomic mass is 79.9. The fourth-order valence-electron chi connectivity index (χ4n) is 1.49. The normalized spacial score (nSPS) is 10.4. The van der Waals surface area contributed by atoms with Gasteiger partial charge in [-0.15, -0.1) is 0 Å². The van der Waals surface area contributed by atoms with E-state index in [-0.39, 0.29) is 24.9 Å². The average Bonchev–Trinajstić information content (AvgIpc) is 2.29. The number of anilines is 1. The summed E-state index contributed by atoms with van der Waals surface area (Å²) < 4.78 is 5.38. The molecule has 0 fully saturated rings. The number of nitrogens with zero attached hydrogens (tertiary/aromatic N) is 1. The van der Waals surface area contributed by atoms with E-state index in [0.29, 0.717) is 4.60 Å². The highest BCUT2D eigenvalue weighted by Crippen LogP contribution is 2.20. The maximum absolute atomic E-state index is 11.7. The van der Waals surface area contributed by atoms with E-state index < -0.39 is 5.97 Å². The number of esters is 1. The summed E-state index contributed by atoms with van der Waals surface area (Å²) in [4.78, 5) is 26.5. The molecule has 0 spiro atoms. The molecule has 0 saturated carbocycles. The first kappa shape index (κ1) is 15.6. The topological polar surface area (TPSA) is 68.3 Å². The van der Waals surface area contributed by atoms with Crippen molar-refractivity contribution in [2.45, 2.75) is 33.2 Å². The lowest BCUT2D eigenvalue weighted by atomic mass is 10.1. The number of carbonyl (C=O) groups is 2. The smallest absolute Gasteiger partial charge is 0.303 e. The van der Waals surface area contributed by atoms with Crippen molar-refractivity contribution in [3.8, 4) is 0 Å². The fraction of sp³-hybridized carbons (Fsp3) is 0.462. The first-order valence-corrected chi connectivity index (χ1v) is 6.73. The van der Waals surface area contributed by atoms with Crippen LogP contribution in [0.15, 0.2) is 16.9 Å². The van der Waals surface area contributed by atoms with Gasteiger partial charge < -0.3 is 10.1 Å². The number of aromatic nitrogens is 1. The number of Topliss-reactive ketones (excluding diaryl/α,β-unsaturated/α-hetero) is 1. The molecular formula is C13H17BrN2O3. The van der Waals surface area contributed by atoms with Crippen molar-refractivity contribution in [2.24, 2.45) is 0 Å². The van der Waals surface area contributed by atoms with Gasteiger partial charge in [0.05, 0.1) is 0 Å². The molecule has 0 aliphatic heterocycles. The molecule has 0 aliphatic rings. The Bertz CT molecular complexity index is 475. The molecule has 0 saturated heterocycles. The summed E-state index contributed by atoms with van der Waals surface area (Å²) in [7, 11) is 0. The second kappa shape index (κ2) is 7.23. The van der Waals surface area contributed by atoms with Crippen LogP contribution in [0, 0.1) is 0 Å². The van der Waals surface area contributed by atoms with Crippen LogP contribution in [-0.4, -0.2) is 29.4 Å². The Morgan fingerprint density at radius 2 is 2.16 bits per heavy atom. The molecule has 0 aromatic carbocycles. The fourth-order valence-corrected chi connectivity index (χ4v) is 1.82. The van der Waals surface area contributed by atoms with Gasteiger partial charge in [-0.1, -0.05) is 0 Å². The monoisotopic (exact) mass is 328 g/mol. The van der Waals surface area contributed by atoms with Gasteiger partial charge in [0, 0.05) is 36.8 Å². The Labute approximate surface area is 120 Å². The van der Waals surface area contributed by atoms with E-state index in [2.05, 4.69) is 31.0 Å². The van der Waals surface area contributed by atoms with Crippen molar-refractivity contribution in [3.05, 3.63) is 22.4 Å². The first-order valence-electron chi connectivity index (χ1n) is 5.94. The standard InChI is InChI=1S/C13H17BrN2O3/c1-8(2)16-12-5-13(14)15-6-10(12)4-11(18)7-19-9(3)17/h5-6,8H,4,7H2,1-3H3,(H,15,16). The molecule has 1 aromatic rings. The molecule has 1 aromatic heterocycles. The van der Waals surface area contributed by atoms with Crippen molar-refractivity contribution in [3.63, 3.8) is 0 Å². The molecule has 1 rings (SSSR count). The maximum Gasteiger partial charge on any atom is 0.303 e. The summed E-state index contributed by atoms with van der Waals surface area (Å²) in [6.07, 6.45) is 1.82. The SMILES string of the molecule is CC(=O)OCC(=O)Cc1cnc(Br)cc1NC(C)C. The van der Waals surface area contributed by atoms with Crippen LogP contribution in [0.25, 0.3) is 0 Å². The Morgan fingerprint density at radius 3 is 2.74 bits per heavy atom. The zero-order valence-corrected chi connectivity index (χ0v) is 12.8. The van der Waals surface area contributed by atoms with Crippen molar-refractivity contribution < 1.29 is 14.3 Å². The predicted octanol–water partition coefficient (Wildman–Crippen LogP) is 2.34. The summed E-state index contributed by atoms with van der Waals surface area (Å²) in [6, 6.07) is 2.07.